The van der Waals surface area contributed by atoms with E-state index in [1.807, 2.05) is 12.1 Å². The summed E-state index contributed by atoms with van der Waals surface area (Å²) in [5.74, 6) is 0.359. The minimum absolute atomic E-state index is 0.0463. The normalized spacial score (nSPS) is 21.0. The summed E-state index contributed by atoms with van der Waals surface area (Å²) in [5.41, 5.74) is 1.14. The van der Waals surface area contributed by atoms with Gasteiger partial charge in [-0.25, -0.2) is 0 Å². The van der Waals surface area contributed by atoms with Crippen molar-refractivity contribution >= 4 is 30.2 Å². The summed E-state index contributed by atoms with van der Waals surface area (Å²) in [6, 6.07) is 5.61. The topological polar surface area (TPSA) is 32.3 Å². The summed E-state index contributed by atoms with van der Waals surface area (Å²) in [4.78, 5) is 0. The molecule has 0 amide bonds. The average molecular weight is 263 g/mol. The maximum atomic E-state index is 9.16. The zero-order chi connectivity index (χ0) is 7.84. The molecule has 0 fully saturated rings. The summed E-state index contributed by atoms with van der Waals surface area (Å²) in [5, 5.41) is 12.5. The number of phenols is 1. The molecule has 0 spiro atoms. The second kappa shape index (κ2) is 2.58. The van der Waals surface area contributed by atoms with Crippen LogP contribution in [-0.4, -0.2) is 30.1 Å². The van der Waals surface area contributed by atoms with E-state index in [1.165, 1.54) is 3.61 Å². The van der Waals surface area contributed by atoms with E-state index >= 15 is 0 Å². The Bertz CT molecular complexity index is 287. The molecule has 1 aliphatic heterocycles. The van der Waals surface area contributed by atoms with Crippen LogP contribution in [0.15, 0.2) is 18.2 Å². The summed E-state index contributed by atoms with van der Waals surface area (Å²) >= 11 is -0.0463. The SMILES string of the molecule is CC1Nc2cc(O)ccc2[Te]1. The van der Waals surface area contributed by atoms with Gasteiger partial charge in [0.05, 0.1) is 0 Å². The zero-order valence-electron chi connectivity index (χ0n) is 6.16. The van der Waals surface area contributed by atoms with Crippen molar-refractivity contribution < 1.29 is 5.11 Å². The third-order valence-electron chi connectivity index (χ3n) is 1.63. The number of hydrogen-bond acceptors (Lipinski definition) is 2. The van der Waals surface area contributed by atoms with E-state index in [4.69, 9.17) is 5.11 Å². The van der Waals surface area contributed by atoms with Crippen molar-refractivity contribution in [3.63, 3.8) is 0 Å². The molecule has 11 heavy (non-hydrogen) atoms. The number of aromatic hydroxyl groups is 1. The molecule has 0 aromatic heterocycles. The molecule has 1 aliphatic rings. The fraction of sp³-hybridized carbons (Fsp3) is 0.250. The van der Waals surface area contributed by atoms with Crippen molar-refractivity contribution in [2.24, 2.45) is 0 Å². The van der Waals surface area contributed by atoms with Crippen LogP contribution in [-0.2, 0) is 0 Å². The average Bonchev–Trinajstić information content (AvgIpc) is 2.27. The van der Waals surface area contributed by atoms with Crippen molar-refractivity contribution in [1.82, 2.24) is 0 Å². The predicted octanol–water partition coefficient (Wildman–Crippen LogP) is 0.493. The van der Waals surface area contributed by atoms with Gasteiger partial charge in [-0.05, 0) is 0 Å². The van der Waals surface area contributed by atoms with Crippen LogP contribution < -0.4 is 8.93 Å². The van der Waals surface area contributed by atoms with E-state index in [9.17, 15) is 0 Å². The molecule has 58 valence electrons. The molecule has 1 atom stereocenters. The van der Waals surface area contributed by atoms with E-state index in [2.05, 4.69) is 12.2 Å². The second-order valence-corrected chi connectivity index (χ2v) is 6.53. The van der Waals surface area contributed by atoms with Gasteiger partial charge >= 0.3 is 75.6 Å². The molecular formula is C8H9NOTe. The van der Waals surface area contributed by atoms with Crippen LogP contribution in [0.1, 0.15) is 6.92 Å². The quantitative estimate of drug-likeness (QED) is 0.667. The van der Waals surface area contributed by atoms with Gasteiger partial charge in [-0.15, -0.1) is 0 Å². The number of phenolic OH excluding ortho intramolecular Hbond substituents is 1. The Morgan fingerprint density at radius 1 is 1.55 bits per heavy atom. The first-order chi connectivity index (χ1) is 5.25. The fourth-order valence-electron chi connectivity index (χ4n) is 1.17. The third kappa shape index (κ3) is 1.31. The zero-order valence-corrected chi connectivity index (χ0v) is 8.50. The molecule has 1 aromatic carbocycles. The van der Waals surface area contributed by atoms with Gasteiger partial charge in [0.15, 0.2) is 0 Å². The standard InChI is InChI=1S/C8H9NOTe/c1-5-9-7-4-6(10)2-3-8(7)11-5/h2-5,9-10H,1H3. The number of nitrogens with one attached hydrogen (secondary N) is 1. The van der Waals surface area contributed by atoms with Crippen molar-refractivity contribution in [1.29, 1.82) is 0 Å². The molecule has 0 bridgehead atoms. The van der Waals surface area contributed by atoms with Gasteiger partial charge in [-0.2, -0.15) is 0 Å². The van der Waals surface area contributed by atoms with Crippen LogP contribution >= 0.6 is 0 Å². The van der Waals surface area contributed by atoms with E-state index in [0.29, 0.717) is 9.84 Å². The van der Waals surface area contributed by atoms with E-state index < -0.39 is 0 Å². The molecule has 2 rings (SSSR count). The van der Waals surface area contributed by atoms with Crippen LogP contribution in [0.5, 0.6) is 5.75 Å². The van der Waals surface area contributed by atoms with Crippen molar-refractivity contribution in [2.45, 2.75) is 11.0 Å². The molecule has 2 N–H and O–H groups in total. The second-order valence-electron chi connectivity index (χ2n) is 2.58. The number of hydrogen-bond donors (Lipinski definition) is 2. The van der Waals surface area contributed by atoms with Gasteiger partial charge in [-0.1, -0.05) is 0 Å². The molecule has 1 aromatic rings. The Morgan fingerprint density at radius 3 is 3.18 bits per heavy atom. The molecule has 0 saturated heterocycles. The fourth-order valence-corrected chi connectivity index (χ4v) is 3.91. The molecule has 0 aliphatic carbocycles. The first-order valence-corrected chi connectivity index (χ1v) is 6.03. The van der Waals surface area contributed by atoms with E-state index in [0.717, 1.165) is 5.69 Å². The molecule has 1 unspecified atom stereocenters. The van der Waals surface area contributed by atoms with Crippen LogP contribution in [0, 0.1) is 0 Å². The molecule has 0 saturated carbocycles. The van der Waals surface area contributed by atoms with Crippen molar-refractivity contribution in [3.05, 3.63) is 18.2 Å². The summed E-state index contributed by atoms with van der Waals surface area (Å²) in [7, 11) is 0. The van der Waals surface area contributed by atoms with Crippen molar-refractivity contribution in [3.8, 4) is 5.75 Å². The summed E-state index contributed by atoms with van der Waals surface area (Å²) in [6.45, 7) is 2.19. The van der Waals surface area contributed by atoms with Gasteiger partial charge in [0.25, 0.3) is 0 Å². The molecular weight excluding hydrogens is 254 g/mol. The molecule has 0 radical (unpaired) electrons. The Kier molecular flexibility index (Phi) is 1.71. The summed E-state index contributed by atoms with van der Waals surface area (Å²) < 4.78 is 2.07. The van der Waals surface area contributed by atoms with Crippen molar-refractivity contribution in [2.75, 3.05) is 5.32 Å². The van der Waals surface area contributed by atoms with Crippen LogP contribution in [0.4, 0.5) is 5.69 Å². The number of benzene rings is 1. The first kappa shape index (κ1) is 7.27. The number of rotatable bonds is 0. The Morgan fingerprint density at radius 2 is 2.36 bits per heavy atom. The number of fused-ring (bicyclic) bond motifs is 1. The molecule has 3 heteroatoms. The number of anilines is 1. The van der Waals surface area contributed by atoms with Gasteiger partial charge in [0.1, 0.15) is 0 Å². The van der Waals surface area contributed by atoms with Crippen LogP contribution in [0.3, 0.4) is 0 Å². The molecule has 1 heterocycles. The van der Waals surface area contributed by atoms with Crippen LogP contribution in [0.2, 0.25) is 0 Å². The third-order valence-corrected chi connectivity index (χ3v) is 4.71. The maximum absolute atomic E-state index is 9.16. The van der Waals surface area contributed by atoms with Gasteiger partial charge in [0.2, 0.25) is 0 Å². The van der Waals surface area contributed by atoms with Crippen LogP contribution in [0.25, 0.3) is 0 Å². The Hall–Kier alpha value is -0.390. The Labute approximate surface area is 75.7 Å². The van der Waals surface area contributed by atoms with E-state index in [1.54, 1.807) is 6.07 Å². The van der Waals surface area contributed by atoms with E-state index in [-0.39, 0.29) is 20.9 Å². The van der Waals surface area contributed by atoms with Gasteiger partial charge in [0, 0.05) is 0 Å². The monoisotopic (exact) mass is 265 g/mol. The molecule has 2 nitrogen and oxygen atoms in total. The first-order valence-electron chi connectivity index (χ1n) is 3.52. The summed E-state index contributed by atoms with van der Waals surface area (Å²) in [6.07, 6.45) is 0. The predicted molar refractivity (Wildman–Crippen MR) is 46.6 cm³/mol. The Balaban J connectivity index is 2.43. The van der Waals surface area contributed by atoms with Gasteiger partial charge < -0.3 is 0 Å². The minimum atomic E-state index is -0.0463. The van der Waals surface area contributed by atoms with Gasteiger partial charge in [-0.3, -0.25) is 0 Å².